The lowest BCUT2D eigenvalue weighted by molar-refractivity contribution is -0.0503. The molecule has 2 aromatic carbocycles. The fourth-order valence-corrected chi connectivity index (χ4v) is 2.38. The Morgan fingerprint density at radius 2 is 1.76 bits per heavy atom. The Morgan fingerprint density at radius 3 is 2.43 bits per heavy atom. The fourth-order valence-electron chi connectivity index (χ4n) is 2.38. The van der Waals surface area contributed by atoms with Gasteiger partial charge in [0.25, 0.3) is 5.91 Å². The van der Waals surface area contributed by atoms with Gasteiger partial charge >= 0.3 is 0 Å². The van der Waals surface area contributed by atoms with Crippen LogP contribution in [0.15, 0.2) is 54.6 Å². The monoisotopic (exact) mass is 281 g/mol. The Hall–Kier alpha value is -2.13. The molecule has 0 N–H and O–H groups in total. The van der Waals surface area contributed by atoms with Crippen molar-refractivity contribution in [1.29, 1.82) is 0 Å². The Bertz CT molecular complexity index is 601. The van der Waals surface area contributed by atoms with Crippen LogP contribution in [0.5, 0.6) is 0 Å². The minimum atomic E-state index is 0.0922. The van der Waals surface area contributed by atoms with Gasteiger partial charge in [0.15, 0.2) is 0 Å². The molecule has 0 saturated carbocycles. The number of carbonyl (C=O) groups is 1. The molecule has 0 atom stereocenters. The third-order valence-corrected chi connectivity index (χ3v) is 3.76. The lowest BCUT2D eigenvalue weighted by atomic mass is 10.1. The number of likely N-dealkylation sites (tertiary alicyclic amines) is 1. The van der Waals surface area contributed by atoms with Crippen LogP contribution in [0, 0.1) is 6.92 Å². The molecule has 0 aliphatic carbocycles. The molecule has 0 aromatic heterocycles. The normalized spacial score (nSPS) is 14.8. The molecule has 1 aliphatic rings. The molecular formula is C18H19NO2. The minimum Gasteiger partial charge on any atom is -0.370 e. The summed E-state index contributed by atoms with van der Waals surface area (Å²) in [6.07, 6.45) is 0.152. The molecule has 0 bridgehead atoms. The second-order valence-electron chi connectivity index (χ2n) is 5.49. The van der Waals surface area contributed by atoms with Crippen molar-refractivity contribution >= 4 is 5.91 Å². The second-order valence-corrected chi connectivity index (χ2v) is 5.49. The highest BCUT2D eigenvalue weighted by Gasteiger charge is 2.31. The van der Waals surface area contributed by atoms with Gasteiger partial charge in [-0.3, -0.25) is 4.79 Å². The number of rotatable bonds is 4. The third-order valence-electron chi connectivity index (χ3n) is 3.76. The van der Waals surface area contributed by atoms with Crippen LogP contribution in [0.2, 0.25) is 0 Å². The molecule has 3 nitrogen and oxygen atoms in total. The van der Waals surface area contributed by atoms with Crippen LogP contribution in [0.25, 0.3) is 0 Å². The molecule has 1 aliphatic heterocycles. The van der Waals surface area contributed by atoms with Crippen LogP contribution in [-0.4, -0.2) is 30.0 Å². The Morgan fingerprint density at radius 1 is 1.10 bits per heavy atom. The lowest BCUT2D eigenvalue weighted by Gasteiger charge is -2.39. The average molecular weight is 281 g/mol. The molecule has 0 spiro atoms. The zero-order valence-electron chi connectivity index (χ0n) is 12.2. The predicted molar refractivity (Wildman–Crippen MR) is 82.1 cm³/mol. The number of ether oxygens (including phenoxy) is 1. The van der Waals surface area contributed by atoms with E-state index in [-0.39, 0.29) is 12.0 Å². The number of aryl methyl sites for hydroxylation is 1. The number of hydrogen-bond acceptors (Lipinski definition) is 2. The van der Waals surface area contributed by atoms with Crippen LogP contribution in [0.1, 0.15) is 21.5 Å². The molecule has 108 valence electrons. The summed E-state index contributed by atoms with van der Waals surface area (Å²) in [5.41, 5.74) is 3.09. The Labute approximate surface area is 125 Å². The molecule has 2 aromatic rings. The van der Waals surface area contributed by atoms with Crippen molar-refractivity contribution in [3.8, 4) is 0 Å². The summed E-state index contributed by atoms with van der Waals surface area (Å²) in [7, 11) is 0. The number of benzene rings is 2. The molecule has 0 radical (unpaired) electrons. The van der Waals surface area contributed by atoms with Crippen molar-refractivity contribution in [2.24, 2.45) is 0 Å². The van der Waals surface area contributed by atoms with Crippen LogP contribution in [0.4, 0.5) is 0 Å². The predicted octanol–water partition coefficient (Wildman–Crippen LogP) is 3.04. The first-order chi connectivity index (χ1) is 10.2. The van der Waals surface area contributed by atoms with E-state index in [9.17, 15) is 4.79 Å². The van der Waals surface area contributed by atoms with Gasteiger partial charge in [-0.1, -0.05) is 48.0 Å². The average Bonchev–Trinajstić information content (AvgIpc) is 2.47. The Kier molecular flexibility index (Phi) is 4.02. The maximum atomic E-state index is 12.2. The van der Waals surface area contributed by atoms with E-state index in [4.69, 9.17) is 4.74 Å². The molecule has 3 heteroatoms. The van der Waals surface area contributed by atoms with Crippen molar-refractivity contribution in [2.75, 3.05) is 13.1 Å². The summed E-state index contributed by atoms with van der Waals surface area (Å²) >= 11 is 0. The van der Waals surface area contributed by atoms with Gasteiger partial charge in [0.2, 0.25) is 0 Å². The first kappa shape index (κ1) is 13.8. The van der Waals surface area contributed by atoms with Crippen LogP contribution in [0.3, 0.4) is 0 Å². The quantitative estimate of drug-likeness (QED) is 0.862. The standard InChI is InChI=1S/C18H19NO2/c1-14-7-9-16(10-8-14)18(20)19-11-17(12-19)21-13-15-5-3-2-4-6-15/h2-10,17H,11-13H2,1H3. The highest BCUT2D eigenvalue weighted by atomic mass is 16.5. The SMILES string of the molecule is Cc1ccc(C(=O)N2CC(OCc3ccccc3)C2)cc1. The zero-order valence-corrected chi connectivity index (χ0v) is 12.2. The summed E-state index contributed by atoms with van der Waals surface area (Å²) in [6, 6.07) is 17.8. The van der Waals surface area contributed by atoms with Crippen LogP contribution < -0.4 is 0 Å². The molecule has 1 saturated heterocycles. The highest BCUT2D eigenvalue weighted by molar-refractivity contribution is 5.94. The van der Waals surface area contributed by atoms with Gasteiger partial charge in [-0.25, -0.2) is 0 Å². The number of hydrogen-bond donors (Lipinski definition) is 0. The summed E-state index contributed by atoms with van der Waals surface area (Å²) in [6.45, 7) is 3.99. The third kappa shape index (κ3) is 3.31. The molecule has 1 heterocycles. The fraction of sp³-hybridized carbons (Fsp3) is 0.278. The van der Waals surface area contributed by atoms with E-state index in [2.05, 4.69) is 0 Å². The van der Waals surface area contributed by atoms with E-state index in [0.29, 0.717) is 19.7 Å². The van der Waals surface area contributed by atoms with Crippen molar-refractivity contribution < 1.29 is 9.53 Å². The number of carbonyl (C=O) groups excluding carboxylic acids is 1. The van der Waals surface area contributed by atoms with E-state index >= 15 is 0 Å². The minimum absolute atomic E-state index is 0.0922. The number of amides is 1. The van der Waals surface area contributed by atoms with Gasteiger partial charge in [-0.05, 0) is 24.6 Å². The van der Waals surface area contributed by atoms with Gasteiger partial charge in [0, 0.05) is 18.7 Å². The highest BCUT2D eigenvalue weighted by Crippen LogP contribution is 2.17. The number of nitrogens with zero attached hydrogens (tertiary/aromatic N) is 1. The lowest BCUT2D eigenvalue weighted by Crippen LogP contribution is -2.54. The molecule has 1 amide bonds. The maximum Gasteiger partial charge on any atom is 0.254 e. The van der Waals surface area contributed by atoms with E-state index in [1.165, 1.54) is 11.1 Å². The van der Waals surface area contributed by atoms with Crippen LogP contribution in [-0.2, 0) is 11.3 Å². The molecule has 1 fully saturated rings. The van der Waals surface area contributed by atoms with E-state index in [0.717, 1.165) is 5.56 Å². The van der Waals surface area contributed by atoms with Gasteiger partial charge < -0.3 is 9.64 Å². The van der Waals surface area contributed by atoms with Gasteiger partial charge in [0.1, 0.15) is 0 Å². The summed E-state index contributed by atoms with van der Waals surface area (Å²) in [4.78, 5) is 14.1. The summed E-state index contributed by atoms with van der Waals surface area (Å²) in [5, 5.41) is 0. The van der Waals surface area contributed by atoms with Gasteiger partial charge in [-0.2, -0.15) is 0 Å². The van der Waals surface area contributed by atoms with Crippen molar-refractivity contribution in [1.82, 2.24) is 4.90 Å². The van der Waals surface area contributed by atoms with E-state index < -0.39 is 0 Å². The first-order valence-corrected chi connectivity index (χ1v) is 7.24. The van der Waals surface area contributed by atoms with Gasteiger partial charge in [0.05, 0.1) is 12.7 Å². The van der Waals surface area contributed by atoms with E-state index in [1.54, 1.807) is 0 Å². The van der Waals surface area contributed by atoms with E-state index in [1.807, 2.05) is 66.4 Å². The molecular weight excluding hydrogens is 262 g/mol. The van der Waals surface area contributed by atoms with Crippen molar-refractivity contribution in [3.63, 3.8) is 0 Å². The van der Waals surface area contributed by atoms with Crippen molar-refractivity contribution in [3.05, 3.63) is 71.3 Å². The smallest absolute Gasteiger partial charge is 0.254 e. The summed E-state index contributed by atoms with van der Waals surface area (Å²) < 4.78 is 5.81. The van der Waals surface area contributed by atoms with Crippen LogP contribution >= 0.6 is 0 Å². The zero-order chi connectivity index (χ0) is 14.7. The maximum absolute atomic E-state index is 12.2. The van der Waals surface area contributed by atoms with Gasteiger partial charge in [-0.15, -0.1) is 0 Å². The second kappa shape index (κ2) is 6.10. The topological polar surface area (TPSA) is 29.5 Å². The molecule has 3 rings (SSSR count). The molecule has 0 unspecified atom stereocenters. The first-order valence-electron chi connectivity index (χ1n) is 7.24. The molecule has 21 heavy (non-hydrogen) atoms. The largest absolute Gasteiger partial charge is 0.370 e. The Balaban J connectivity index is 1.47. The summed E-state index contributed by atoms with van der Waals surface area (Å²) in [5.74, 6) is 0.0922. The van der Waals surface area contributed by atoms with Crippen molar-refractivity contribution in [2.45, 2.75) is 19.6 Å².